The summed E-state index contributed by atoms with van der Waals surface area (Å²) in [6.45, 7) is 0. The molecule has 2 heterocycles. The minimum Gasteiger partial charge on any atom is -0.311 e. The molecule has 0 aromatic carbocycles. The molecule has 0 unspecified atom stereocenters. The molecule has 2 aromatic heterocycles. The Morgan fingerprint density at radius 2 is 2.12 bits per heavy atom. The minimum atomic E-state index is 0.107. The molecule has 2 rings (SSSR count). The molecule has 0 aliphatic heterocycles. The number of thiophene rings is 1. The molecule has 0 saturated heterocycles. The summed E-state index contributed by atoms with van der Waals surface area (Å²) in [6, 6.07) is 1.78. The van der Waals surface area contributed by atoms with Crippen LogP contribution in [0.3, 0.4) is 0 Å². The number of nitrogens with zero attached hydrogens (tertiary/aromatic N) is 1. The van der Waals surface area contributed by atoms with Crippen molar-refractivity contribution in [3.63, 3.8) is 0 Å². The highest BCUT2D eigenvalue weighted by molar-refractivity contribution is 7.20. The summed E-state index contributed by atoms with van der Waals surface area (Å²) in [5, 5.41) is 2.48. The van der Waals surface area contributed by atoms with Crippen LogP contribution in [0.1, 0.15) is 0 Å². The first-order valence-corrected chi connectivity index (χ1v) is 6.57. The summed E-state index contributed by atoms with van der Waals surface area (Å²) in [4.78, 5) is 7.01. The lowest BCUT2D eigenvalue weighted by atomic mass is 10.3. The molecule has 16 heavy (non-hydrogen) atoms. The van der Waals surface area contributed by atoms with E-state index in [-0.39, 0.29) is 5.96 Å². The molecule has 5 N–H and O–H groups in total. The van der Waals surface area contributed by atoms with Gasteiger partial charge in [0.05, 0.1) is 4.34 Å². The van der Waals surface area contributed by atoms with Gasteiger partial charge in [-0.05, 0) is 6.07 Å². The Bertz CT molecular complexity index is 542. The molecule has 0 spiro atoms. The number of nitrogens with one attached hydrogen (secondary N) is 1. The Morgan fingerprint density at radius 3 is 2.69 bits per heavy atom. The molecule has 0 saturated carbocycles. The number of hydrogen-bond acceptors (Lipinski definition) is 3. The molecule has 0 amide bonds. The molecular formula is C8H7Cl2N4S2+. The Morgan fingerprint density at radius 1 is 1.38 bits per heavy atom. The molecule has 0 aliphatic carbocycles. The molecule has 0 bridgehead atoms. The van der Waals surface area contributed by atoms with Gasteiger partial charge in [-0.25, -0.2) is 4.99 Å². The molecule has 84 valence electrons. The van der Waals surface area contributed by atoms with E-state index in [9.17, 15) is 0 Å². The standard InChI is InChI=1S/C8H6Cl2N4S2/c9-5-1-3(6(10)16-5)4-2-15-8(13-4)14-7(11)12/h1-2H,(H4,11,12,13,14)/p+1. The number of aromatic nitrogens is 1. The van der Waals surface area contributed by atoms with Crippen LogP contribution in [0.4, 0.5) is 5.13 Å². The SMILES string of the molecule is NC(N)=[NH+]c1nc(-c2cc(Cl)sc2Cl)cs1. The monoisotopic (exact) mass is 293 g/mol. The van der Waals surface area contributed by atoms with Gasteiger partial charge in [-0.15, -0.1) is 16.3 Å². The van der Waals surface area contributed by atoms with Crippen molar-refractivity contribution < 1.29 is 4.99 Å². The van der Waals surface area contributed by atoms with Crippen molar-refractivity contribution in [3.8, 4) is 11.3 Å². The van der Waals surface area contributed by atoms with Crippen molar-refractivity contribution in [2.45, 2.75) is 0 Å². The van der Waals surface area contributed by atoms with Gasteiger partial charge in [0.15, 0.2) is 0 Å². The van der Waals surface area contributed by atoms with Gasteiger partial charge in [-0.3, -0.25) is 0 Å². The molecule has 2 aromatic rings. The Kier molecular flexibility index (Phi) is 3.34. The Hall–Kier alpha value is -0.820. The van der Waals surface area contributed by atoms with E-state index in [1.807, 2.05) is 5.38 Å². The fourth-order valence-electron chi connectivity index (χ4n) is 1.09. The zero-order chi connectivity index (χ0) is 11.7. The predicted molar refractivity (Wildman–Crippen MR) is 69.5 cm³/mol. The first-order chi connectivity index (χ1) is 7.56. The largest absolute Gasteiger partial charge is 0.311 e. The summed E-state index contributed by atoms with van der Waals surface area (Å²) in [6.07, 6.45) is 0. The quantitative estimate of drug-likeness (QED) is 0.574. The molecule has 0 aliphatic rings. The predicted octanol–water partition coefficient (Wildman–Crippen LogP) is 1.16. The fraction of sp³-hybridized carbons (Fsp3) is 0. The number of thiazole rings is 1. The van der Waals surface area contributed by atoms with E-state index >= 15 is 0 Å². The van der Waals surface area contributed by atoms with Crippen LogP contribution in [0.25, 0.3) is 11.3 Å². The van der Waals surface area contributed by atoms with Gasteiger partial charge in [-0.2, -0.15) is 0 Å². The molecule has 8 heteroatoms. The summed E-state index contributed by atoms with van der Waals surface area (Å²) in [5.74, 6) is 0.107. The first-order valence-electron chi connectivity index (χ1n) is 4.12. The van der Waals surface area contributed by atoms with Crippen molar-refractivity contribution in [2.75, 3.05) is 0 Å². The lowest BCUT2D eigenvalue weighted by molar-refractivity contribution is -0.355. The maximum Gasteiger partial charge on any atom is 0.303 e. The smallest absolute Gasteiger partial charge is 0.303 e. The number of nitrogens with two attached hydrogens (primary N) is 2. The van der Waals surface area contributed by atoms with Crippen LogP contribution in [-0.4, -0.2) is 10.9 Å². The average Bonchev–Trinajstić information content (AvgIpc) is 2.72. The number of hydrogen-bond donors (Lipinski definition) is 3. The van der Waals surface area contributed by atoms with E-state index in [1.54, 1.807) is 6.07 Å². The second-order valence-electron chi connectivity index (χ2n) is 2.86. The summed E-state index contributed by atoms with van der Waals surface area (Å²) in [7, 11) is 0. The first kappa shape index (κ1) is 11.7. The Balaban J connectivity index is 2.39. The van der Waals surface area contributed by atoms with Crippen LogP contribution in [0.2, 0.25) is 8.67 Å². The highest BCUT2D eigenvalue weighted by Crippen LogP contribution is 2.38. The van der Waals surface area contributed by atoms with E-state index in [1.165, 1.54) is 22.7 Å². The van der Waals surface area contributed by atoms with Crippen molar-refractivity contribution in [2.24, 2.45) is 11.5 Å². The number of halogens is 2. The average molecular weight is 294 g/mol. The van der Waals surface area contributed by atoms with Crippen molar-refractivity contribution >= 4 is 57.0 Å². The lowest BCUT2D eigenvalue weighted by Gasteiger charge is -1.87. The lowest BCUT2D eigenvalue weighted by Crippen LogP contribution is -2.72. The topological polar surface area (TPSA) is 78.9 Å². The van der Waals surface area contributed by atoms with Crippen LogP contribution in [-0.2, 0) is 0 Å². The van der Waals surface area contributed by atoms with Gasteiger partial charge in [-0.1, -0.05) is 34.5 Å². The van der Waals surface area contributed by atoms with Gasteiger partial charge >= 0.3 is 5.96 Å². The highest BCUT2D eigenvalue weighted by atomic mass is 35.5. The van der Waals surface area contributed by atoms with Gasteiger partial charge in [0.25, 0.3) is 5.13 Å². The highest BCUT2D eigenvalue weighted by Gasteiger charge is 2.14. The van der Waals surface area contributed by atoms with Crippen molar-refractivity contribution in [1.29, 1.82) is 0 Å². The van der Waals surface area contributed by atoms with Crippen molar-refractivity contribution in [1.82, 2.24) is 4.98 Å². The minimum absolute atomic E-state index is 0.107. The third-order valence-electron chi connectivity index (χ3n) is 1.69. The zero-order valence-corrected chi connectivity index (χ0v) is 11.0. The van der Waals surface area contributed by atoms with E-state index in [0.717, 1.165) is 11.3 Å². The molecule has 4 nitrogen and oxygen atoms in total. The summed E-state index contributed by atoms with van der Waals surface area (Å²) < 4.78 is 1.25. The van der Waals surface area contributed by atoms with Crippen LogP contribution >= 0.6 is 45.9 Å². The zero-order valence-electron chi connectivity index (χ0n) is 7.83. The summed E-state index contributed by atoms with van der Waals surface area (Å²) in [5.41, 5.74) is 12.2. The van der Waals surface area contributed by atoms with Crippen LogP contribution in [0, 0.1) is 0 Å². The van der Waals surface area contributed by atoms with Crippen LogP contribution < -0.4 is 16.5 Å². The molecule has 0 fully saturated rings. The molecule has 0 atom stereocenters. The third-order valence-corrected chi connectivity index (χ3v) is 3.93. The number of guanidine groups is 1. The van der Waals surface area contributed by atoms with E-state index in [4.69, 9.17) is 34.7 Å². The van der Waals surface area contributed by atoms with Crippen LogP contribution in [0.5, 0.6) is 0 Å². The Labute approximate surface area is 110 Å². The second-order valence-corrected chi connectivity index (χ2v) is 6.00. The van der Waals surface area contributed by atoms with E-state index < -0.39 is 0 Å². The number of rotatable bonds is 2. The van der Waals surface area contributed by atoms with Gasteiger partial charge in [0.2, 0.25) is 0 Å². The van der Waals surface area contributed by atoms with Gasteiger partial charge in [0, 0.05) is 10.9 Å². The second kappa shape index (κ2) is 4.58. The van der Waals surface area contributed by atoms with Gasteiger partial charge in [0.1, 0.15) is 10.0 Å². The normalized spacial score (nSPS) is 10.4. The van der Waals surface area contributed by atoms with Crippen LogP contribution in [0.15, 0.2) is 11.4 Å². The molecule has 0 radical (unpaired) electrons. The van der Waals surface area contributed by atoms with Crippen molar-refractivity contribution in [3.05, 3.63) is 20.1 Å². The maximum absolute atomic E-state index is 6.02. The van der Waals surface area contributed by atoms with Gasteiger partial charge < -0.3 is 11.5 Å². The maximum atomic E-state index is 6.02. The fourth-order valence-corrected chi connectivity index (χ4v) is 3.31. The van der Waals surface area contributed by atoms with E-state index in [0.29, 0.717) is 13.8 Å². The third kappa shape index (κ3) is 2.46. The van der Waals surface area contributed by atoms with E-state index in [2.05, 4.69) is 9.98 Å². The molecular weight excluding hydrogens is 287 g/mol. The summed E-state index contributed by atoms with van der Waals surface area (Å²) >= 11 is 14.6.